The third kappa shape index (κ3) is 10.4. The Kier molecular flexibility index (Phi) is 13.3. The van der Waals surface area contributed by atoms with Gasteiger partial charge in [-0.1, -0.05) is 0 Å². The van der Waals surface area contributed by atoms with Crippen LogP contribution >= 0.6 is 12.4 Å². The van der Waals surface area contributed by atoms with Crippen molar-refractivity contribution in [1.29, 1.82) is 0 Å². The Morgan fingerprint density at radius 2 is 1.95 bits per heavy atom. The first-order chi connectivity index (χ1) is 9.33. The number of ether oxygens (including phenoxy) is 2. The minimum atomic E-state index is -0.0446. The Hall–Kier alpha value is -0.400. The summed E-state index contributed by atoms with van der Waals surface area (Å²) < 4.78 is 10.3. The first-order valence-corrected chi connectivity index (χ1v) is 7.18. The lowest BCUT2D eigenvalue weighted by Crippen LogP contribution is -2.44. The molecule has 0 atom stereocenters. The van der Waals surface area contributed by atoms with Gasteiger partial charge in [0.25, 0.3) is 0 Å². The summed E-state index contributed by atoms with van der Waals surface area (Å²) in [6.45, 7) is 9.88. The van der Waals surface area contributed by atoms with Gasteiger partial charge in [0.1, 0.15) is 6.61 Å². The molecule has 6 nitrogen and oxygen atoms in total. The number of carbonyl (C=O) groups is 1. The molecule has 0 radical (unpaired) electrons. The number of rotatable bonds is 10. The third-order valence-electron chi connectivity index (χ3n) is 2.99. The lowest BCUT2D eigenvalue weighted by atomic mass is 10.3. The molecule has 0 aromatic carbocycles. The average molecular weight is 310 g/mol. The highest BCUT2D eigenvalue weighted by molar-refractivity contribution is 5.85. The number of nitrogens with one attached hydrogen (secondary N) is 2. The van der Waals surface area contributed by atoms with Gasteiger partial charge in [0.2, 0.25) is 5.91 Å². The number of carbonyl (C=O) groups excluding carboxylic acids is 1. The van der Waals surface area contributed by atoms with E-state index in [9.17, 15) is 4.79 Å². The van der Waals surface area contributed by atoms with Gasteiger partial charge in [-0.05, 0) is 19.9 Å². The summed E-state index contributed by atoms with van der Waals surface area (Å²) in [6.07, 6.45) is 0.991. The molecule has 1 aliphatic heterocycles. The molecule has 1 saturated heterocycles. The van der Waals surface area contributed by atoms with Gasteiger partial charge in [0, 0.05) is 39.3 Å². The van der Waals surface area contributed by atoms with E-state index in [1.807, 2.05) is 6.92 Å². The van der Waals surface area contributed by atoms with Crippen molar-refractivity contribution in [1.82, 2.24) is 15.5 Å². The van der Waals surface area contributed by atoms with E-state index in [2.05, 4.69) is 15.5 Å². The SMILES string of the molecule is CCOCCOCC(=O)NCCCN1CCNCC1.Cl. The van der Waals surface area contributed by atoms with Crippen molar-refractivity contribution < 1.29 is 14.3 Å². The van der Waals surface area contributed by atoms with Gasteiger partial charge in [-0.3, -0.25) is 4.79 Å². The molecule has 0 spiro atoms. The summed E-state index contributed by atoms with van der Waals surface area (Å²) >= 11 is 0. The molecule has 1 heterocycles. The summed E-state index contributed by atoms with van der Waals surface area (Å²) in [6, 6.07) is 0. The molecule has 20 heavy (non-hydrogen) atoms. The normalized spacial score (nSPS) is 15.7. The van der Waals surface area contributed by atoms with Gasteiger partial charge in [-0.15, -0.1) is 12.4 Å². The van der Waals surface area contributed by atoms with E-state index in [-0.39, 0.29) is 24.9 Å². The second kappa shape index (κ2) is 13.6. The van der Waals surface area contributed by atoms with Crippen molar-refractivity contribution in [3.8, 4) is 0 Å². The van der Waals surface area contributed by atoms with Crippen LogP contribution in [-0.4, -0.2) is 76.5 Å². The molecule has 1 fully saturated rings. The molecule has 0 unspecified atom stereocenters. The third-order valence-corrected chi connectivity index (χ3v) is 2.99. The Morgan fingerprint density at radius 3 is 2.65 bits per heavy atom. The highest BCUT2D eigenvalue weighted by atomic mass is 35.5. The van der Waals surface area contributed by atoms with E-state index in [0.717, 1.165) is 45.7 Å². The van der Waals surface area contributed by atoms with Crippen LogP contribution in [0.25, 0.3) is 0 Å². The highest BCUT2D eigenvalue weighted by Gasteiger charge is 2.08. The molecule has 0 bridgehead atoms. The van der Waals surface area contributed by atoms with Crippen molar-refractivity contribution in [2.75, 3.05) is 65.7 Å². The molecular weight excluding hydrogens is 282 g/mol. The molecule has 0 aromatic rings. The van der Waals surface area contributed by atoms with E-state index < -0.39 is 0 Å². The molecule has 120 valence electrons. The Morgan fingerprint density at radius 1 is 1.25 bits per heavy atom. The van der Waals surface area contributed by atoms with Crippen molar-refractivity contribution in [3.05, 3.63) is 0 Å². The molecule has 1 aliphatic rings. The Balaban J connectivity index is 0.00000361. The van der Waals surface area contributed by atoms with Crippen molar-refractivity contribution in [3.63, 3.8) is 0 Å². The second-order valence-corrected chi connectivity index (χ2v) is 4.54. The standard InChI is InChI=1S/C13H27N3O3.ClH/c1-2-18-10-11-19-12-13(17)15-4-3-7-16-8-5-14-6-9-16;/h14H,2-12H2,1H3,(H,15,17);1H. The first kappa shape index (κ1) is 19.6. The minimum absolute atomic E-state index is 0. The molecular formula is C13H28ClN3O3. The summed E-state index contributed by atoms with van der Waals surface area (Å²) in [5.74, 6) is -0.0446. The number of nitrogens with zero attached hydrogens (tertiary/aromatic N) is 1. The van der Waals surface area contributed by atoms with Crippen LogP contribution in [0.1, 0.15) is 13.3 Å². The number of halogens is 1. The molecule has 0 aromatic heterocycles. The van der Waals surface area contributed by atoms with Crippen molar-refractivity contribution in [2.45, 2.75) is 13.3 Å². The fourth-order valence-corrected chi connectivity index (χ4v) is 1.94. The van der Waals surface area contributed by atoms with Gasteiger partial charge < -0.3 is 25.0 Å². The predicted octanol–water partition coefficient (Wildman–Crippen LogP) is -0.127. The smallest absolute Gasteiger partial charge is 0.246 e. The lowest BCUT2D eigenvalue weighted by Gasteiger charge is -2.27. The van der Waals surface area contributed by atoms with Gasteiger partial charge in [0.05, 0.1) is 13.2 Å². The molecule has 0 aliphatic carbocycles. The maximum Gasteiger partial charge on any atom is 0.246 e. The summed E-state index contributed by atoms with van der Waals surface area (Å²) in [7, 11) is 0. The van der Waals surface area contributed by atoms with E-state index in [0.29, 0.717) is 19.8 Å². The van der Waals surface area contributed by atoms with Crippen LogP contribution in [0.3, 0.4) is 0 Å². The number of hydrogen-bond acceptors (Lipinski definition) is 5. The van der Waals surface area contributed by atoms with E-state index in [1.54, 1.807) is 0 Å². The van der Waals surface area contributed by atoms with E-state index >= 15 is 0 Å². The first-order valence-electron chi connectivity index (χ1n) is 7.18. The summed E-state index contributed by atoms with van der Waals surface area (Å²) in [4.78, 5) is 13.8. The zero-order chi connectivity index (χ0) is 13.8. The average Bonchev–Trinajstić information content (AvgIpc) is 2.44. The van der Waals surface area contributed by atoms with Gasteiger partial charge >= 0.3 is 0 Å². The lowest BCUT2D eigenvalue weighted by molar-refractivity contribution is -0.126. The highest BCUT2D eigenvalue weighted by Crippen LogP contribution is 1.93. The number of amides is 1. The monoisotopic (exact) mass is 309 g/mol. The van der Waals surface area contributed by atoms with Crippen molar-refractivity contribution in [2.24, 2.45) is 0 Å². The molecule has 7 heteroatoms. The molecule has 0 saturated carbocycles. The van der Waals surface area contributed by atoms with Crippen LogP contribution in [0.15, 0.2) is 0 Å². The van der Waals surface area contributed by atoms with Gasteiger partial charge in [-0.25, -0.2) is 0 Å². The quantitative estimate of drug-likeness (QED) is 0.551. The maximum absolute atomic E-state index is 11.4. The molecule has 1 amide bonds. The zero-order valence-electron chi connectivity index (χ0n) is 12.4. The predicted molar refractivity (Wildman–Crippen MR) is 81.5 cm³/mol. The van der Waals surface area contributed by atoms with Crippen LogP contribution in [0.2, 0.25) is 0 Å². The van der Waals surface area contributed by atoms with Crippen LogP contribution in [0.4, 0.5) is 0 Å². The van der Waals surface area contributed by atoms with Crippen LogP contribution in [0.5, 0.6) is 0 Å². The van der Waals surface area contributed by atoms with Crippen molar-refractivity contribution >= 4 is 18.3 Å². The summed E-state index contributed by atoms with van der Waals surface area (Å²) in [5.41, 5.74) is 0. The second-order valence-electron chi connectivity index (χ2n) is 4.54. The van der Waals surface area contributed by atoms with Crippen LogP contribution in [-0.2, 0) is 14.3 Å². The molecule has 1 rings (SSSR count). The van der Waals surface area contributed by atoms with Gasteiger partial charge in [0.15, 0.2) is 0 Å². The fourth-order valence-electron chi connectivity index (χ4n) is 1.94. The largest absolute Gasteiger partial charge is 0.379 e. The Bertz CT molecular complexity index is 239. The fraction of sp³-hybridized carbons (Fsp3) is 0.923. The topological polar surface area (TPSA) is 62.8 Å². The minimum Gasteiger partial charge on any atom is -0.379 e. The zero-order valence-corrected chi connectivity index (χ0v) is 13.2. The number of hydrogen-bond donors (Lipinski definition) is 2. The summed E-state index contributed by atoms with van der Waals surface area (Å²) in [5, 5.41) is 6.19. The van der Waals surface area contributed by atoms with E-state index in [1.165, 1.54) is 0 Å². The Labute approximate surface area is 128 Å². The van der Waals surface area contributed by atoms with Crippen LogP contribution in [0, 0.1) is 0 Å². The molecule has 2 N–H and O–H groups in total. The van der Waals surface area contributed by atoms with E-state index in [4.69, 9.17) is 9.47 Å². The maximum atomic E-state index is 11.4. The number of piperazine rings is 1. The van der Waals surface area contributed by atoms with Crippen LogP contribution < -0.4 is 10.6 Å². The van der Waals surface area contributed by atoms with Gasteiger partial charge in [-0.2, -0.15) is 0 Å².